The summed E-state index contributed by atoms with van der Waals surface area (Å²) in [6.07, 6.45) is 0.535. The highest BCUT2D eigenvalue weighted by atomic mass is 32.2. The first-order valence-corrected chi connectivity index (χ1v) is 6.27. The van der Waals surface area contributed by atoms with E-state index in [1.807, 2.05) is 0 Å². The Balaban J connectivity index is 2.45. The van der Waals surface area contributed by atoms with Crippen LogP contribution in [0.4, 0.5) is 4.39 Å². The maximum absolute atomic E-state index is 12.6. The van der Waals surface area contributed by atoms with Crippen LogP contribution in [0.25, 0.3) is 0 Å². The summed E-state index contributed by atoms with van der Waals surface area (Å²) in [6.45, 7) is 0.298. The van der Waals surface area contributed by atoms with E-state index in [0.717, 1.165) is 9.87 Å². The molecule has 1 N–H and O–H groups in total. The van der Waals surface area contributed by atoms with Gasteiger partial charge in [-0.2, -0.15) is 12.7 Å². The molecule has 0 unspecified atom stereocenters. The van der Waals surface area contributed by atoms with Gasteiger partial charge < -0.3 is 0 Å². The fraction of sp³-hybridized carbons (Fsp3) is 0.400. The molecule has 0 bridgehead atoms. The molecule has 90 valence electrons. The fourth-order valence-electron chi connectivity index (χ4n) is 1.10. The van der Waals surface area contributed by atoms with Crippen molar-refractivity contribution in [1.29, 1.82) is 0 Å². The van der Waals surface area contributed by atoms with Crippen LogP contribution in [0.5, 0.6) is 0 Å². The van der Waals surface area contributed by atoms with Crippen LogP contribution in [-0.2, 0) is 16.6 Å². The highest BCUT2D eigenvalue weighted by Gasteiger charge is 2.11. The summed E-state index contributed by atoms with van der Waals surface area (Å²) in [6, 6.07) is 5.99. The molecule has 0 saturated heterocycles. The summed E-state index contributed by atoms with van der Waals surface area (Å²) in [4.78, 5) is 0. The van der Waals surface area contributed by atoms with Gasteiger partial charge in [0.1, 0.15) is 5.82 Å². The van der Waals surface area contributed by atoms with Gasteiger partial charge in [0.25, 0.3) is 10.2 Å². The largest absolute Gasteiger partial charge is 0.278 e. The van der Waals surface area contributed by atoms with Crippen molar-refractivity contribution in [1.82, 2.24) is 9.03 Å². The van der Waals surface area contributed by atoms with Gasteiger partial charge in [-0.15, -0.1) is 0 Å². The van der Waals surface area contributed by atoms with E-state index in [0.29, 0.717) is 13.0 Å². The molecule has 1 aromatic carbocycles. The summed E-state index contributed by atoms with van der Waals surface area (Å²) < 4.78 is 38.8. The number of benzene rings is 1. The van der Waals surface area contributed by atoms with Crippen molar-refractivity contribution >= 4 is 10.2 Å². The molecule has 16 heavy (non-hydrogen) atoms. The first kappa shape index (κ1) is 13.1. The molecule has 0 aliphatic rings. The van der Waals surface area contributed by atoms with E-state index in [4.69, 9.17) is 0 Å². The summed E-state index contributed by atoms with van der Waals surface area (Å²) in [5, 5.41) is 0. The first-order chi connectivity index (χ1) is 7.42. The van der Waals surface area contributed by atoms with Crippen molar-refractivity contribution < 1.29 is 12.8 Å². The van der Waals surface area contributed by atoms with Crippen molar-refractivity contribution in [2.75, 3.05) is 20.6 Å². The standard InChI is InChI=1S/C10H15FN2O2S/c1-13(2)16(14,15)12-8-7-9-3-5-10(11)6-4-9/h3-6,12H,7-8H2,1-2H3. The van der Waals surface area contributed by atoms with Crippen molar-refractivity contribution in [2.45, 2.75) is 6.42 Å². The van der Waals surface area contributed by atoms with E-state index in [2.05, 4.69) is 4.72 Å². The number of halogens is 1. The maximum Gasteiger partial charge on any atom is 0.278 e. The van der Waals surface area contributed by atoms with E-state index in [1.165, 1.54) is 26.2 Å². The average molecular weight is 246 g/mol. The Labute approximate surface area is 95.3 Å². The van der Waals surface area contributed by atoms with Crippen LogP contribution in [0.15, 0.2) is 24.3 Å². The second kappa shape index (κ2) is 5.38. The highest BCUT2D eigenvalue weighted by Crippen LogP contribution is 2.03. The normalized spacial score (nSPS) is 12.0. The minimum atomic E-state index is -3.37. The van der Waals surface area contributed by atoms with Crippen LogP contribution in [0.1, 0.15) is 5.56 Å². The van der Waals surface area contributed by atoms with Crippen LogP contribution in [0, 0.1) is 5.82 Å². The van der Waals surface area contributed by atoms with Crippen LogP contribution in [-0.4, -0.2) is 33.4 Å². The predicted molar refractivity (Wildman–Crippen MR) is 60.7 cm³/mol. The Kier molecular flexibility index (Phi) is 4.40. The molecule has 0 radical (unpaired) electrons. The summed E-state index contributed by atoms with van der Waals surface area (Å²) in [5.41, 5.74) is 0.892. The SMILES string of the molecule is CN(C)S(=O)(=O)NCCc1ccc(F)cc1. The minimum absolute atomic E-state index is 0.294. The molecule has 0 atom stereocenters. The highest BCUT2D eigenvalue weighted by molar-refractivity contribution is 7.87. The number of hydrogen-bond donors (Lipinski definition) is 1. The third kappa shape index (κ3) is 3.88. The molecule has 0 aliphatic heterocycles. The van der Waals surface area contributed by atoms with Crippen molar-refractivity contribution in [2.24, 2.45) is 0 Å². The number of nitrogens with zero attached hydrogens (tertiary/aromatic N) is 1. The first-order valence-electron chi connectivity index (χ1n) is 4.83. The lowest BCUT2D eigenvalue weighted by Gasteiger charge is -2.12. The predicted octanol–water partition coefficient (Wildman–Crippen LogP) is 0.764. The zero-order chi connectivity index (χ0) is 12.2. The zero-order valence-corrected chi connectivity index (χ0v) is 10.1. The van der Waals surface area contributed by atoms with Crippen LogP contribution in [0.3, 0.4) is 0 Å². The number of hydrogen-bond acceptors (Lipinski definition) is 2. The van der Waals surface area contributed by atoms with E-state index < -0.39 is 10.2 Å². The van der Waals surface area contributed by atoms with Gasteiger partial charge in [0, 0.05) is 20.6 Å². The smallest absolute Gasteiger partial charge is 0.207 e. The van der Waals surface area contributed by atoms with Crippen molar-refractivity contribution in [3.05, 3.63) is 35.6 Å². The monoisotopic (exact) mass is 246 g/mol. The summed E-state index contributed by atoms with van der Waals surface area (Å²) in [7, 11) is -0.450. The lowest BCUT2D eigenvalue weighted by Crippen LogP contribution is -2.36. The second-order valence-corrected chi connectivity index (χ2v) is 5.53. The molecule has 6 heteroatoms. The lowest BCUT2D eigenvalue weighted by molar-refractivity contribution is 0.506. The van der Waals surface area contributed by atoms with Gasteiger partial charge in [-0.25, -0.2) is 9.11 Å². The molecular weight excluding hydrogens is 231 g/mol. The van der Waals surface area contributed by atoms with Gasteiger partial charge >= 0.3 is 0 Å². The van der Waals surface area contributed by atoms with Gasteiger partial charge in [-0.1, -0.05) is 12.1 Å². The molecule has 0 saturated carbocycles. The quantitative estimate of drug-likeness (QED) is 0.834. The van der Waals surface area contributed by atoms with Crippen LogP contribution >= 0.6 is 0 Å². The van der Waals surface area contributed by atoms with Gasteiger partial charge in [0.05, 0.1) is 0 Å². The molecule has 4 nitrogen and oxygen atoms in total. The molecule has 1 rings (SSSR count). The minimum Gasteiger partial charge on any atom is -0.207 e. The molecule has 0 amide bonds. The number of rotatable bonds is 5. The molecule has 0 heterocycles. The van der Waals surface area contributed by atoms with E-state index in [1.54, 1.807) is 12.1 Å². The molecule has 1 aromatic rings. The Morgan fingerprint density at radius 1 is 1.25 bits per heavy atom. The second-order valence-electron chi connectivity index (χ2n) is 3.56. The lowest BCUT2D eigenvalue weighted by atomic mass is 10.1. The van der Waals surface area contributed by atoms with Crippen LogP contribution < -0.4 is 4.72 Å². The average Bonchev–Trinajstić information content (AvgIpc) is 2.20. The summed E-state index contributed by atoms with van der Waals surface area (Å²) in [5.74, 6) is -0.294. The van der Waals surface area contributed by atoms with Gasteiger partial charge in [-0.05, 0) is 24.1 Å². The van der Waals surface area contributed by atoms with E-state index in [9.17, 15) is 12.8 Å². The third-order valence-corrected chi connectivity index (χ3v) is 3.62. The Morgan fingerprint density at radius 3 is 2.31 bits per heavy atom. The Morgan fingerprint density at radius 2 is 1.81 bits per heavy atom. The van der Waals surface area contributed by atoms with E-state index in [-0.39, 0.29) is 5.82 Å². The van der Waals surface area contributed by atoms with E-state index >= 15 is 0 Å². The number of nitrogens with one attached hydrogen (secondary N) is 1. The van der Waals surface area contributed by atoms with Crippen LogP contribution in [0.2, 0.25) is 0 Å². The summed E-state index contributed by atoms with van der Waals surface area (Å²) >= 11 is 0. The molecule has 0 aliphatic carbocycles. The molecule has 0 aromatic heterocycles. The van der Waals surface area contributed by atoms with Gasteiger partial charge in [0.15, 0.2) is 0 Å². The fourth-order valence-corrected chi connectivity index (χ4v) is 1.72. The molecular formula is C10H15FN2O2S. The topological polar surface area (TPSA) is 49.4 Å². The van der Waals surface area contributed by atoms with Crippen molar-refractivity contribution in [3.8, 4) is 0 Å². The van der Waals surface area contributed by atoms with Gasteiger partial charge in [0.2, 0.25) is 0 Å². The van der Waals surface area contributed by atoms with Crippen molar-refractivity contribution in [3.63, 3.8) is 0 Å². The van der Waals surface area contributed by atoms with Gasteiger partial charge in [-0.3, -0.25) is 0 Å². The third-order valence-electron chi connectivity index (χ3n) is 2.09. The molecule has 0 fully saturated rings. The zero-order valence-electron chi connectivity index (χ0n) is 9.27. The Bertz CT molecular complexity index is 429. The Hall–Kier alpha value is -0.980. The molecule has 0 spiro atoms. The maximum atomic E-state index is 12.6.